The first kappa shape index (κ1) is 11.9. The van der Waals surface area contributed by atoms with Crippen LogP contribution in [0.15, 0.2) is 23.0 Å². The van der Waals surface area contributed by atoms with Gasteiger partial charge >= 0.3 is 5.69 Å². The molecular weight excluding hydrogens is 238 g/mol. The lowest BCUT2D eigenvalue weighted by Crippen LogP contribution is -2.03. The van der Waals surface area contributed by atoms with Gasteiger partial charge in [-0.1, -0.05) is 12.1 Å². The van der Waals surface area contributed by atoms with E-state index in [2.05, 4.69) is 9.97 Å². The molecule has 0 aliphatic carbocycles. The first-order chi connectivity index (χ1) is 8.49. The Labute approximate surface area is 101 Å². The Morgan fingerprint density at radius 3 is 2.67 bits per heavy atom. The molecule has 0 bridgehead atoms. The van der Waals surface area contributed by atoms with Crippen LogP contribution in [-0.2, 0) is 6.42 Å². The minimum Gasteiger partial charge on any atom is -0.493 e. The summed E-state index contributed by atoms with van der Waals surface area (Å²) >= 11 is 0. The third kappa shape index (κ3) is 2.10. The van der Waals surface area contributed by atoms with Crippen molar-refractivity contribution in [1.29, 1.82) is 0 Å². The smallest absolute Gasteiger partial charge is 0.325 e. The lowest BCUT2D eigenvalue weighted by molar-refractivity contribution is -0.385. The summed E-state index contributed by atoms with van der Waals surface area (Å²) in [5.74, 6) is -0.294. The normalized spacial score (nSPS) is 10.5. The standard InChI is InChI=1S/C11H11N3O4/c1-6-3-2-4-9(14(17)18)7(6)5-8-10(15)13-11(16)12-8/h2-4,15H,5H2,1H3,(H2,12,13,16). The number of imidazole rings is 1. The highest BCUT2D eigenvalue weighted by Crippen LogP contribution is 2.25. The van der Waals surface area contributed by atoms with Crippen molar-refractivity contribution in [3.63, 3.8) is 0 Å². The SMILES string of the molecule is Cc1cccc([N+](=O)[O-])c1Cc1[nH]c(=O)[nH]c1O. The van der Waals surface area contributed by atoms with Crippen molar-refractivity contribution >= 4 is 5.69 Å². The van der Waals surface area contributed by atoms with E-state index in [1.807, 2.05) is 0 Å². The van der Waals surface area contributed by atoms with Crippen LogP contribution in [0.1, 0.15) is 16.8 Å². The minimum atomic E-state index is -0.543. The van der Waals surface area contributed by atoms with Crippen LogP contribution in [-0.4, -0.2) is 20.0 Å². The molecule has 1 aromatic heterocycles. The van der Waals surface area contributed by atoms with Gasteiger partial charge in [0.1, 0.15) is 0 Å². The van der Waals surface area contributed by atoms with Crippen molar-refractivity contribution in [1.82, 2.24) is 9.97 Å². The van der Waals surface area contributed by atoms with Gasteiger partial charge < -0.3 is 10.1 Å². The van der Waals surface area contributed by atoms with Gasteiger partial charge in [0, 0.05) is 18.1 Å². The molecule has 3 N–H and O–H groups in total. The van der Waals surface area contributed by atoms with Gasteiger partial charge in [0.05, 0.1) is 10.6 Å². The summed E-state index contributed by atoms with van der Waals surface area (Å²) < 4.78 is 0. The highest BCUT2D eigenvalue weighted by molar-refractivity contribution is 5.47. The number of nitro benzene ring substituents is 1. The van der Waals surface area contributed by atoms with E-state index in [0.717, 1.165) is 5.56 Å². The van der Waals surface area contributed by atoms with Gasteiger partial charge in [0.25, 0.3) is 5.69 Å². The van der Waals surface area contributed by atoms with Gasteiger partial charge in [-0.25, -0.2) is 4.79 Å². The molecule has 1 heterocycles. The Morgan fingerprint density at radius 2 is 2.11 bits per heavy atom. The van der Waals surface area contributed by atoms with Crippen molar-refractivity contribution in [2.24, 2.45) is 0 Å². The van der Waals surface area contributed by atoms with Gasteiger partial charge in [0.2, 0.25) is 5.88 Å². The fraction of sp³-hybridized carbons (Fsp3) is 0.182. The zero-order chi connectivity index (χ0) is 13.3. The number of H-pyrrole nitrogens is 2. The molecule has 94 valence electrons. The van der Waals surface area contributed by atoms with Crippen LogP contribution in [0.4, 0.5) is 5.69 Å². The average molecular weight is 249 g/mol. The summed E-state index contributed by atoms with van der Waals surface area (Å²) in [6.07, 6.45) is 0.0908. The van der Waals surface area contributed by atoms with Gasteiger partial charge in [-0.15, -0.1) is 0 Å². The van der Waals surface area contributed by atoms with Crippen molar-refractivity contribution < 1.29 is 10.0 Å². The van der Waals surface area contributed by atoms with E-state index in [1.54, 1.807) is 19.1 Å². The summed E-state index contributed by atoms with van der Waals surface area (Å²) in [6, 6.07) is 4.73. The van der Waals surface area contributed by atoms with E-state index in [4.69, 9.17) is 0 Å². The number of rotatable bonds is 3. The number of aromatic amines is 2. The number of nitrogens with one attached hydrogen (secondary N) is 2. The molecule has 2 aromatic rings. The molecular formula is C11H11N3O4. The highest BCUT2D eigenvalue weighted by Gasteiger charge is 2.18. The van der Waals surface area contributed by atoms with E-state index in [9.17, 15) is 20.0 Å². The Bertz CT molecular complexity index is 657. The number of aromatic hydroxyl groups is 1. The van der Waals surface area contributed by atoms with Crippen molar-refractivity contribution in [2.45, 2.75) is 13.3 Å². The summed E-state index contributed by atoms with van der Waals surface area (Å²) in [5.41, 5.74) is 0.853. The molecule has 0 unspecified atom stereocenters. The van der Waals surface area contributed by atoms with E-state index in [-0.39, 0.29) is 23.7 Å². The molecule has 1 aromatic carbocycles. The van der Waals surface area contributed by atoms with E-state index >= 15 is 0 Å². The van der Waals surface area contributed by atoms with Gasteiger partial charge in [-0.2, -0.15) is 0 Å². The van der Waals surface area contributed by atoms with E-state index < -0.39 is 10.6 Å². The van der Waals surface area contributed by atoms with Crippen molar-refractivity contribution in [3.8, 4) is 5.88 Å². The van der Waals surface area contributed by atoms with E-state index in [0.29, 0.717) is 5.56 Å². The molecule has 0 fully saturated rings. The number of aryl methyl sites for hydroxylation is 1. The maximum absolute atomic E-state index is 11.0. The molecule has 7 nitrogen and oxygen atoms in total. The first-order valence-electron chi connectivity index (χ1n) is 5.22. The van der Waals surface area contributed by atoms with Gasteiger partial charge in [-0.05, 0) is 12.5 Å². The van der Waals surface area contributed by atoms with Gasteiger partial charge in [0.15, 0.2) is 0 Å². The number of nitrogens with zero attached hydrogens (tertiary/aromatic N) is 1. The molecule has 0 atom stereocenters. The Kier molecular flexibility index (Phi) is 2.88. The maximum Gasteiger partial charge on any atom is 0.325 e. The average Bonchev–Trinajstić information content (AvgIpc) is 2.60. The molecule has 18 heavy (non-hydrogen) atoms. The molecule has 0 spiro atoms. The first-order valence-corrected chi connectivity index (χ1v) is 5.22. The van der Waals surface area contributed by atoms with Gasteiger partial charge in [-0.3, -0.25) is 15.1 Å². The topological polar surface area (TPSA) is 112 Å². The second-order valence-corrected chi connectivity index (χ2v) is 3.91. The van der Waals surface area contributed by atoms with E-state index in [1.165, 1.54) is 6.07 Å². The third-order valence-electron chi connectivity index (χ3n) is 2.72. The monoisotopic (exact) mass is 249 g/mol. The summed E-state index contributed by atoms with van der Waals surface area (Å²) in [5, 5.41) is 20.4. The Balaban J connectivity index is 2.49. The lowest BCUT2D eigenvalue weighted by atomic mass is 10.0. The molecule has 0 aliphatic rings. The number of nitro groups is 1. The van der Waals surface area contributed by atoms with Crippen LogP contribution in [0.3, 0.4) is 0 Å². The number of aromatic nitrogens is 2. The van der Waals surface area contributed by atoms with Crippen LogP contribution in [0, 0.1) is 17.0 Å². The predicted molar refractivity (Wildman–Crippen MR) is 63.7 cm³/mol. The quantitative estimate of drug-likeness (QED) is 0.560. The lowest BCUT2D eigenvalue weighted by Gasteiger charge is -2.05. The van der Waals surface area contributed by atoms with Crippen LogP contribution in [0.5, 0.6) is 5.88 Å². The predicted octanol–water partition coefficient (Wildman–Crippen LogP) is 1.22. The third-order valence-corrected chi connectivity index (χ3v) is 2.72. The fourth-order valence-electron chi connectivity index (χ4n) is 1.80. The minimum absolute atomic E-state index is 0.0311. The summed E-state index contributed by atoms with van der Waals surface area (Å²) in [4.78, 5) is 26.0. The van der Waals surface area contributed by atoms with Crippen LogP contribution >= 0.6 is 0 Å². The molecule has 0 saturated heterocycles. The zero-order valence-electron chi connectivity index (χ0n) is 9.56. The largest absolute Gasteiger partial charge is 0.493 e. The fourth-order valence-corrected chi connectivity index (χ4v) is 1.80. The molecule has 0 radical (unpaired) electrons. The second kappa shape index (κ2) is 4.36. The van der Waals surface area contributed by atoms with Crippen molar-refractivity contribution in [2.75, 3.05) is 0 Å². The molecule has 2 rings (SSSR count). The van der Waals surface area contributed by atoms with Crippen LogP contribution in [0.25, 0.3) is 0 Å². The zero-order valence-corrected chi connectivity index (χ0v) is 9.56. The Hall–Kier alpha value is -2.57. The Morgan fingerprint density at radius 1 is 1.39 bits per heavy atom. The molecule has 0 saturated carbocycles. The molecule has 0 aliphatic heterocycles. The maximum atomic E-state index is 11.0. The highest BCUT2D eigenvalue weighted by atomic mass is 16.6. The summed E-state index contributed by atoms with van der Waals surface area (Å²) in [6.45, 7) is 1.74. The number of hydrogen-bond acceptors (Lipinski definition) is 4. The number of benzene rings is 1. The molecule has 0 amide bonds. The van der Waals surface area contributed by atoms with Crippen molar-refractivity contribution in [3.05, 3.63) is 55.6 Å². The number of hydrogen-bond donors (Lipinski definition) is 3. The molecule has 7 heteroatoms. The summed E-state index contributed by atoms with van der Waals surface area (Å²) in [7, 11) is 0. The second-order valence-electron chi connectivity index (χ2n) is 3.91. The van der Waals surface area contributed by atoms with Crippen LogP contribution < -0.4 is 5.69 Å². The van der Waals surface area contributed by atoms with Crippen LogP contribution in [0.2, 0.25) is 0 Å².